The minimum absolute atomic E-state index is 0.0280. The summed E-state index contributed by atoms with van der Waals surface area (Å²) >= 11 is 0. The fourth-order valence-corrected chi connectivity index (χ4v) is 3.95. The van der Waals surface area contributed by atoms with Crippen molar-refractivity contribution in [3.63, 3.8) is 0 Å². The van der Waals surface area contributed by atoms with E-state index in [2.05, 4.69) is 49.2 Å². The van der Waals surface area contributed by atoms with Crippen LogP contribution in [0.3, 0.4) is 0 Å². The number of amides is 1. The molecule has 1 heterocycles. The molecular formula is C21H39N5O. The SMILES string of the molecule is CCN(CC)CCN(C)[C@H]1CCc2c(c(C(=O)N(C)C)nn2CC(C)C)C1. The smallest absolute Gasteiger partial charge is 0.274 e. The molecule has 0 aliphatic heterocycles. The summed E-state index contributed by atoms with van der Waals surface area (Å²) in [6.45, 7) is 14.1. The third-order valence-electron chi connectivity index (χ3n) is 5.75. The van der Waals surface area contributed by atoms with E-state index in [1.54, 1.807) is 4.90 Å². The summed E-state index contributed by atoms with van der Waals surface area (Å²) in [4.78, 5) is 19.3. The number of nitrogens with zero attached hydrogens (tertiary/aromatic N) is 5. The fourth-order valence-electron chi connectivity index (χ4n) is 3.95. The molecule has 0 fully saturated rings. The van der Waals surface area contributed by atoms with Crippen LogP contribution in [-0.2, 0) is 19.4 Å². The van der Waals surface area contributed by atoms with E-state index in [-0.39, 0.29) is 5.91 Å². The number of fused-ring (bicyclic) bond motifs is 1. The Labute approximate surface area is 165 Å². The molecule has 0 aromatic carbocycles. The van der Waals surface area contributed by atoms with E-state index in [0.717, 1.165) is 52.0 Å². The van der Waals surface area contributed by atoms with Crippen LogP contribution < -0.4 is 0 Å². The molecule has 0 bridgehead atoms. The first-order valence-electron chi connectivity index (χ1n) is 10.5. The molecule has 6 nitrogen and oxygen atoms in total. The highest BCUT2D eigenvalue weighted by atomic mass is 16.2. The van der Waals surface area contributed by atoms with Gasteiger partial charge in [0.15, 0.2) is 5.69 Å². The molecule has 1 aromatic heterocycles. The number of carbonyl (C=O) groups excluding carboxylic acids is 1. The van der Waals surface area contributed by atoms with Crippen molar-refractivity contribution in [2.24, 2.45) is 5.92 Å². The van der Waals surface area contributed by atoms with E-state index in [1.165, 1.54) is 11.3 Å². The van der Waals surface area contributed by atoms with Crippen molar-refractivity contribution in [1.29, 1.82) is 0 Å². The van der Waals surface area contributed by atoms with Crippen LogP contribution in [0.4, 0.5) is 0 Å². The van der Waals surface area contributed by atoms with Crippen LogP contribution in [-0.4, -0.2) is 83.8 Å². The van der Waals surface area contributed by atoms with Gasteiger partial charge in [0.05, 0.1) is 0 Å². The maximum Gasteiger partial charge on any atom is 0.274 e. The molecule has 0 saturated heterocycles. The molecule has 0 saturated carbocycles. The second kappa shape index (κ2) is 9.69. The fraction of sp³-hybridized carbons (Fsp3) is 0.810. The van der Waals surface area contributed by atoms with Gasteiger partial charge >= 0.3 is 0 Å². The molecule has 0 spiro atoms. The highest BCUT2D eigenvalue weighted by molar-refractivity contribution is 5.93. The summed E-state index contributed by atoms with van der Waals surface area (Å²) < 4.78 is 2.10. The van der Waals surface area contributed by atoms with Crippen LogP contribution in [0, 0.1) is 5.92 Å². The van der Waals surface area contributed by atoms with Gasteiger partial charge in [-0.15, -0.1) is 0 Å². The second-order valence-electron chi connectivity index (χ2n) is 8.45. The van der Waals surface area contributed by atoms with Gasteiger partial charge in [-0.3, -0.25) is 9.48 Å². The molecule has 154 valence electrons. The minimum Gasteiger partial charge on any atom is -0.343 e. The molecule has 1 aliphatic carbocycles. The van der Waals surface area contributed by atoms with Gasteiger partial charge in [-0.25, -0.2) is 0 Å². The molecule has 0 radical (unpaired) electrons. The lowest BCUT2D eigenvalue weighted by atomic mass is 9.90. The number of hydrogen-bond donors (Lipinski definition) is 0. The predicted molar refractivity (Wildman–Crippen MR) is 111 cm³/mol. The maximum atomic E-state index is 12.7. The lowest BCUT2D eigenvalue weighted by Crippen LogP contribution is -2.41. The highest BCUT2D eigenvalue weighted by Crippen LogP contribution is 2.28. The molecule has 1 aromatic rings. The normalized spacial score (nSPS) is 17.0. The number of carbonyl (C=O) groups is 1. The number of likely N-dealkylation sites (N-methyl/N-ethyl adjacent to an activating group) is 2. The quantitative estimate of drug-likeness (QED) is 0.663. The summed E-state index contributed by atoms with van der Waals surface area (Å²) in [5.41, 5.74) is 3.13. The summed E-state index contributed by atoms with van der Waals surface area (Å²) in [5.74, 6) is 0.547. The standard InChI is InChI=1S/C21H39N5O/c1-8-25(9-2)13-12-24(7)17-10-11-19-18(14-17)20(21(27)23(5)6)22-26(19)15-16(3)4/h16-17H,8-15H2,1-7H3/t17-/m0/s1. The lowest BCUT2D eigenvalue weighted by molar-refractivity contribution is 0.0819. The minimum atomic E-state index is 0.0280. The molecule has 0 unspecified atom stereocenters. The van der Waals surface area contributed by atoms with Gasteiger partial charge in [-0.05, 0) is 45.3 Å². The van der Waals surface area contributed by atoms with Crippen molar-refractivity contribution in [2.45, 2.75) is 59.5 Å². The first kappa shape index (κ1) is 21.9. The summed E-state index contributed by atoms with van der Waals surface area (Å²) in [5, 5.41) is 4.75. The first-order chi connectivity index (χ1) is 12.8. The van der Waals surface area contributed by atoms with Gasteiger partial charge < -0.3 is 14.7 Å². The van der Waals surface area contributed by atoms with Crippen LogP contribution in [0.15, 0.2) is 0 Å². The van der Waals surface area contributed by atoms with Crippen LogP contribution in [0.5, 0.6) is 0 Å². The van der Waals surface area contributed by atoms with Crippen LogP contribution in [0.1, 0.15) is 55.9 Å². The Kier molecular flexibility index (Phi) is 7.86. The van der Waals surface area contributed by atoms with E-state index in [4.69, 9.17) is 5.10 Å². The van der Waals surface area contributed by atoms with Crippen LogP contribution in [0.25, 0.3) is 0 Å². The molecule has 1 atom stereocenters. The van der Waals surface area contributed by atoms with Gasteiger partial charge in [0.2, 0.25) is 0 Å². The molecule has 6 heteroatoms. The Morgan fingerprint density at radius 2 is 1.85 bits per heavy atom. The first-order valence-corrected chi connectivity index (χ1v) is 10.5. The summed E-state index contributed by atoms with van der Waals surface area (Å²) in [7, 11) is 5.85. The Hall–Kier alpha value is -1.40. The van der Waals surface area contributed by atoms with Crippen LogP contribution >= 0.6 is 0 Å². The molecule has 2 rings (SSSR count). The third-order valence-corrected chi connectivity index (χ3v) is 5.75. The zero-order chi connectivity index (χ0) is 20.1. The molecule has 0 N–H and O–H groups in total. The lowest BCUT2D eigenvalue weighted by Gasteiger charge is -2.33. The Bertz CT molecular complexity index is 618. The second-order valence-corrected chi connectivity index (χ2v) is 8.45. The van der Waals surface area contributed by atoms with E-state index in [1.807, 2.05) is 14.1 Å². The van der Waals surface area contributed by atoms with Crippen molar-refractivity contribution in [2.75, 3.05) is 47.3 Å². The predicted octanol–water partition coefficient (Wildman–Crippen LogP) is 2.37. The zero-order valence-corrected chi connectivity index (χ0v) is 18.5. The number of hydrogen-bond acceptors (Lipinski definition) is 4. The van der Waals surface area contributed by atoms with Gasteiger partial charge in [0, 0.05) is 51.0 Å². The number of aromatic nitrogens is 2. The van der Waals surface area contributed by atoms with Crippen LogP contribution in [0.2, 0.25) is 0 Å². The van der Waals surface area contributed by atoms with E-state index >= 15 is 0 Å². The van der Waals surface area contributed by atoms with E-state index in [0.29, 0.717) is 17.7 Å². The molecule has 1 amide bonds. The van der Waals surface area contributed by atoms with Crippen molar-refractivity contribution in [1.82, 2.24) is 24.5 Å². The van der Waals surface area contributed by atoms with Gasteiger partial charge in [0.1, 0.15) is 0 Å². The van der Waals surface area contributed by atoms with Gasteiger partial charge in [-0.2, -0.15) is 5.10 Å². The molecular weight excluding hydrogens is 338 g/mol. The number of rotatable bonds is 9. The maximum absolute atomic E-state index is 12.7. The van der Waals surface area contributed by atoms with E-state index in [9.17, 15) is 4.79 Å². The highest BCUT2D eigenvalue weighted by Gasteiger charge is 2.31. The van der Waals surface area contributed by atoms with E-state index < -0.39 is 0 Å². The summed E-state index contributed by atoms with van der Waals surface area (Å²) in [6.07, 6.45) is 3.08. The van der Waals surface area contributed by atoms with Gasteiger partial charge in [0.25, 0.3) is 5.91 Å². The van der Waals surface area contributed by atoms with Crippen molar-refractivity contribution < 1.29 is 4.79 Å². The Balaban J connectivity index is 2.18. The molecule has 1 aliphatic rings. The monoisotopic (exact) mass is 377 g/mol. The zero-order valence-electron chi connectivity index (χ0n) is 18.5. The van der Waals surface area contributed by atoms with Crippen molar-refractivity contribution in [3.8, 4) is 0 Å². The Morgan fingerprint density at radius 1 is 1.19 bits per heavy atom. The average Bonchev–Trinajstić information content (AvgIpc) is 2.98. The summed E-state index contributed by atoms with van der Waals surface area (Å²) in [6, 6.07) is 0.485. The largest absolute Gasteiger partial charge is 0.343 e. The van der Waals surface area contributed by atoms with Crippen molar-refractivity contribution in [3.05, 3.63) is 17.0 Å². The van der Waals surface area contributed by atoms with Crippen molar-refractivity contribution >= 4 is 5.91 Å². The third kappa shape index (κ3) is 5.32. The average molecular weight is 378 g/mol. The van der Waals surface area contributed by atoms with Gasteiger partial charge in [-0.1, -0.05) is 27.7 Å². The topological polar surface area (TPSA) is 44.6 Å². The Morgan fingerprint density at radius 3 is 2.41 bits per heavy atom. The molecule has 27 heavy (non-hydrogen) atoms.